The van der Waals surface area contributed by atoms with Gasteiger partial charge < -0.3 is 10.2 Å². The van der Waals surface area contributed by atoms with Crippen molar-refractivity contribution in [1.29, 1.82) is 0 Å². The molecule has 18 heavy (non-hydrogen) atoms. The van der Waals surface area contributed by atoms with E-state index in [1.807, 2.05) is 17.8 Å². The second kappa shape index (κ2) is 4.14. The van der Waals surface area contributed by atoms with E-state index in [9.17, 15) is 0 Å². The molecule has 0 aliphatic heterocycles. The molecule has 3 rings (SSSR count). The maximum atomic E-state index is 5.91. The van der Waals surface area contributed by atoms with E-state index >= 15 is 0 Å². The molecular weight excluding hydrogens is 226 g/mol. The molecule has 0 saturated heterocycles. The van der Waals surface area contributed by atoms with Crippen LogP contribution in [-0.4, -0.2) is 15.8 Å². The fourth-order valence-corrected chi connectivity index (χ4v) is 2.30. The van der Waals surface area contributed by atoms with E-state index < -0.39 is 0 Å². The van der Waals surface area contributed by atoms with E-state index in [2.05, 4.69) is 30.2 Å². The van der Waals surface area contributed by atoms with Crippen LogP contribution in [0.4, 0.5) is 0 Å². The lowest BCUT2D eigenvalue weighted by Gasteiger charge is -2.06. The number of nitrogens with two attached hydrogens (primary N) is 1. The number of nitrogens with zero attached hydrogens (tertiary/aromatic N) is 2. The molecule has 94 valence electrons. The second-order valence-electron chi connectivity index (χ2n) is 4.79. The summed E-state index contributed by atoms with van der Waals surface area (Å²) in [5.41, 5.74) is 7.82. The van der Waals surface area contributed by atoms with Crippen molar-refractivity contribution >= 4 is 21.9 Å². The Bertz CT molecular complexity index is 694. The third kappa shape index (κ3) is 1.69. The van der Waals surface area contributed by atoms with E-state index in [4.69, 9.17) is 10.2 Å². The molecule has 2 heterocycles. The number of aryl methyl sites for hydroxylation is 1. The summed E-state index contributed by atoms with van der Waals surface area (Å²) in [6, 6.07) is 6.33. The van der Waals surface area contributed by atoms with Crippen LogP contribution in [0.1, 0.15) is 19.6 Å². The van der Waals surface area contributed by atoms with Gasteiger partial charge in [-0.2, -0.15) is 5.10 Å². The summed E-state index contributed by atoms with van der Waals surface area (Å²) >= 11 is 0. The maximum absolute atomic E-state index is 5.91. The smallest absolute Gasteiger partial charge is 0.160 e. The number of fused-ring (bicyclic) bond motifs is 3. The van der Waals surface area contributed by atoms with Crippen molar-refractivity contribution in [3.63, 3.8) is 0 Å². The average Bonchev–Trinajstić information content (AvgIpc) is 2.91. The summed E-state index contributed by atoms with van der Waals surface area (Å²) in [5.74, 6) is 1.01. The highest BCUT2D eigenvalue weighted by Crippen LogP contribution is 2.28. The number of furan rings is 1. The normalized spacial score (nSPS) is 13.5. The number of rotatable bonds is 3. The summed E-state index contributed by atoms with van der Waals surface area (Å²) in [5, 5.41) is 6.63. The van der Waals surface area contributed by atoms with Gasteiger partial charge in [-0.3, -0.25) is 4.68 Å². The van der Waals surface area contributed by atoms with Crippen LogP contribution < -0.4 is 5.73 Å². The number of hydrogen-bond acceptors (Lipinski definition) is 3. The quantitative estimate of drug-likeness (QED) is 0.769. The summed E-state index contributed by atoms with van der Waals surface area (Å²) < 4.78 is 7.85. The topological polar surface area (TPSA) is 57.0 Å². The van der Waals surface area contributed by atoms with Crippen LogP contribution >= 0.6 is 0 Å². The molecule has 1 unspecified atom stereocenters. The van der Waals surface area contributed by atoms with Gasteiger partial charge >= 0.3 is 0 Å². The van der Waals surface area contributed by atoms with Gasteiger partial charge in [-0.15, -0.1) is 0 Å². The molecule has 2 N–H and O–H groups in total. The van der Waals surface area contributed by atoms with Crippen LogP contribution in [-0.2, 0) is 13.0 Å². The van der Waals surface area contributed by atoms with Crippen LogP contribution in [0, 0.1) is 0 Å². The zero-order valence-electron chi connectivity index (χ0n) is 10.7. The first-order valence-corrected chi connectivity index (χ1v) is 6.31. The summed E-state index contributed by atoms with van der Waals surface area (Å²) in [4.78, 5) is 0. The minimum Gasteiger partial charge on any atom is -0.459 e. The minimum absolute atomic E-state index is 0.0731. The lowest BCUT2D eigenvalue weighted by atomic mass is 10.2. The van der Waals surface area contributed by atoms with Gasteiger partial charge in [0.05, 0.1) is 12.7 Å². The van der Waals surface area contributed by atoms with E-state index in [1.54, 1.807) is 0 Å². The zero-order chi connectivity index (χ0) is 12.7. The molecule has 4 heteroatoms. The van der Waals surface area contributed by atoms with Gasteiger partial charge in [-0.1, -0.05) is 19.1 Å². The van der Waals surface area contributed by atoms with Crippen LogP contribution in [0.5, 0.6) is 0 Å². The Balaban J connectivity index is 2.29. The van der Waals surface area contributed by atoms with Gasteiger partial charge in [0.15, 0.2) is 5.58 Å². The van der Waals surface area contributed by atoms with Crippen molar-refractivity contribution in [1.82, 2.24) is 9.78 Å². The Labute approximate surface area is 105 Å². The van der Waals surface area contributed by atoms with Crippen LogP contribution in [0.25, 0.3) is 21.9 Å². The van der Waals surface area contributed by atoms with Crippen LogP contribution in [0.3, 0.4) is 0 Å². The minimum atomic E-state index is 0.0731. The molecule has 0 spiro atoms. The van der Waals surface area contributed by atoms with Gasteiger partial charge in [0.25, 0.3) is 0 Å². The fraction of sp³-hybridized carbons (Fsp3) is 0.357. The van der Waals surface area contributed by atoms with Crippen LogP contribution in [0.15, 0.2) is 28.8 Å². The van der Waals surface area contributed by atoms with E-state index in [0.29, 0.717) is 6.54 Å². The number of hydrogen-bond donors (Lipinski definition) is 1. The Morgan fingerprint density at radius 2 is 2.17 bits per heavy atom. The number of benzene rings is 1. The average molecular weight is 243 g/mol. The van der Waals surface area contributed by atoms with Crippen molar-refractivity contribution in [2.45, 2.75) is 32.9 Å². The highest BCUT2D eigenvalue weighted by Gasteiger charge is 2.12. The van der Waals surface area contributed by atoms with E-state index in [-0.39, 0.29) is 6.04 Å². The third-order valence-corrected chi connectivity index (χ3v) is 3.15. The highest BCUT2D eigenvalue weighted by atomic mass is 16.3. The molecule has 0 aliphatic rings. The van der Waals surface area contributed by atoms with Crippen molar-refractivity contribution in [2.75, 3.05) is 0 Å². The Hall–Kier alpha value is -1.81. The molecule has 1 atom stereocenters. The van der Waals surface area contributed by atoms with Crippen molar-refractivity contribution in [3.05, 3.63) is 30.2 Å². The molecular formula is C14H17N3O. The summed E-state index contributed by atoms with van der Waals surface area (Å²) in [7, 11) is 0. The molecule has 0 bridgehead atoms. The number of aromatic nitrogens is 2. The molecule has 2 aromatic heterocycles. The van der Waals surface area contributed by atoms with E-state index in [1.165, 1.54) is 0 Å². The first-order valence-electron chi connectivity index (χ1n) is 6.31. The molecule has 0 amide bonds. The van der Waals surface area contributed by atoms with Crippen molar-refractivity contribution < 1.29 is 4.42 Å². The fourth-order valence-electron chi connectivity index (χ4n) is 2.30. The summed E-state index contributed by atoms with van der Waals surface area (Å²) in [6.45, 7) is 4.77. The first-order chi connectivity index (χ1) is 8.69. The first kappa shape index (κ1) is 11.3. The van der Waals surface area contributed by atoms with E-state index in [0.717, 1.165) is 34.1 Å². The van der Waals surface area contributed by atoms with Gasteiger partial charge in [0.1, 0.15) is 11.3 Å². The largest absolute Gasteiger partial charge is 0.459 e. The monoisotopic (exact) mass is 243 g/mol. The SMILES string of the molecule is CCc1cc2ccc3cnn(CC(C)N)c3c2o1. The van der Waals surface area contributed by atoms with Crippen LogP contribution in [0.2, 0.25) is 0 Å². The molecule has 1 aromatic carbocycles. The molecule has 4 nitrogen and oxygen atoms in total. The Morgan fingerprint density at radius 1 is 1.39 bits per heavy atom. The summed E-state index contributed by atoms with van der Waals surface area (Å²) in [6.07, 6.45) is 2.77. The Kier molecular flexibility index (Phi) is 2.59. The molecule has 0 saturated carbocycles. The maximum Gasteiger partial charge on any atom is 0.160 e. The molecule has 0 radical (unpaired) electrons. The molecule has 0 aliphatic carbocycles. The Morgan fingerprint density at radius 3 is 2.89 bits per heavy atom. The van der Waals surface area contributed by atoms with Gasteiger partial charge in [-0.25, -0.2) is 0 Å². The predicted molar refractivity (Wildman–Crippen MR) is 72.5 cm³/mol. The van der Waals surface area contributed by atoms with Gasteiger partial charge in [-0.05, 0) is 13.0 Å². The highest BCUT2D eigenvalue weighted by molar-refractivity contribution is 6.02. The van der Waals surface area contributed by atoms with Gasteiger partial charge in [0.2, 0.25) is 0 Å². The zero-order valence-corrected chi connectivity index (χ0v) is 10.7. The standard InChI is InChI=1S/C14H17N3O/c1-3-12-6-10-4-5-11-7-16-17(8-9(2)15)13(11)14(10)18-12/h4-7,9H,3,8,15H2,1-2H3. The lowest BCUT2D eigenvalue weighted by molar-refractivity contribution is 0.538. The molecule has 0 fully saturated rings. The predicted octanol–water partition coefficient (Wildman–Crippen LogP) is 2.69. The van der Waals surface area contributed by atoms with Crippen molar-refractivity contribution in [2.24, 2.45) is 5.73 Å². The lowest BCUT2D eigenvalue weighted by Crippen LogP contribution is -2.22. The van der Waals surface area contributed by atoms with Crippen molar-refractivity contribution in [3.8, 4) is 0 Å². The third-order valence-electron chi connectivity index (χ3n) is 3.15. The second-order valence-corrected chi connectivity index (χ2v) is 4.79. The van der Waals surface area contributed by atoms with Gasteiger partial charge in [0, 0.05) is 23.2 Å². The molecule has 3 aromatic rings.